The fourth-order valence-corrected chi connectivity index (χ4v) is 1.90. The van der Waals surface area contributed by atoms with Gasteiger partial charge in [-0.25, -0.2) is 4.79 Å². The van der Waals surface area contributed by atoms with Crippen molar-refractivity contribution in [2.24, 2.45) is 0 Å². The summed E-state index contributed by atoms with van der Waals surface area (Å²) in [5, 5.41) is 9.78. The number of hydrogen-bond acceptors (Lipinski definition) is 3. The zero-order chi connectivity index (χ0) is 12.3. The van der Waals surface area contributed by atoms with Crippen LogP contribution in [0.15, 0.2) is 24.3 Å². The Hall–Kier alpha value is -1.81. The number of hydrogen-bond donors (Lipinski definition) is 2. The van der Waals surface area contributed by atoms with E-state index in [1.54, 1.807) is 6.07 Å². The van der Waals surface area contributed by atoms with Crippen LogP contribution in [0.5, 0.6) is 0 Å². The van der Waals surface area contributed by atoms with Crippen molar-refractivity contribution in [3.05, 3.63) is 35.5 Å². The number of nitrogens with one attached hydrogen (secondary N) is 1. The maximum atomic E-state index is 11.6. The molecular formula is C13H15NO3. The van der Waals surface area contributed by atoms with Crippen LogP contribution in [0.1, 0.15) is 22.5 Å². The van der Waals surface area contributed by atoms with E-state index in [1.165, 1.54) is 7.11 Å². The van der Waals surface area contributed by atoms with Gasteiger partial charge in [-0.15, -0.1) is 0 Å². The number of fused-ring (bicyclic) bond motifs is 1. The Morgan fingerprint density at radius 2 is 2.29 bits per heavy atom. The molecule has 2 N–H and O–H groups in total. The number of esters is 1. The lowest BCUT2D eigenvalue weighted by Crippen LogP contribution is -2.01. The van der Waals surface area contributed by atoms with Gasteiger partial charge in [0, 0.05) is 17.7 Å². The SMILES string of the molecule is COC(=O)c1cccc2cc(CCCO)[nH]c12. The molecule has 2 rings (SSSR count). The van der Waals surface area contributed by atoms with Crippen LogP contribution in [0.3, 0.4) is 0 Å². The summed E-state index contributed by atoms with van der Waals surface area (Å²) in [7, 11) is 1.37. The van der Waals surface area contributed by atoms with Crippen molar-refractivity contribution in [3.63, 3.8) is 0 Å². The fraction of sp³-hybridized carbons (Fsp3) is 0.308. The van der Waals surface area contributed by atoms with Crippen LogP contribution in [0.4, 0.5) is 0 Å². The van der Waals surface area contributed by atoms with Crippen LogP contribution >= 0.6 is 0 Å². The number of aromatic amines is 1. The molecule has 0 radical (unpaired) electrons. The third-order valence-electron chi connectivity index (χ3n) is 2.72. The maximum Gasteiger partial charge on any atom is 0.339 e. The van der Waals surface area contributed by atoms with Crippen molar-refractivity contribution in [2.45, 2.75) is 12.8 Å². The summed E-state index contributed by atoms with van der Waals surface area (Å²) in [5.41, 5.74) is 2.36. The van der Waals surface area contributed by atoms with Gasteiger partial charge < -0.3 is 14.8 Å². The molecule has 0 aliphatic heterocycles. The largest absolute Gasteiger partial charge is 0.465 e. The molecule has 2 aromatic rings. The molecule has 0 aliphatic carbocycles. The fourth-order valence-electron chi connectivity index (χ4n) is 1.90. The van der Waals surface area contributed by atoms with E-state index < -0.39 is 0 Å². The Balaban J connectivity index is 2.42. The highest BCUT2D eigenvalue weighted by atomic mass is 16.5. The summed E-state index contributed by atoms with van der Waals surface area (Å²) in [6.07, 6.45) is 1.48. The van der Waals surface area contributed by atoms with Crippen LogP contribution in [0.25, 0.3) is 10.9 Å². The summed E-state index contributed by atoms with van der Waals surface area (Å²) in [5.74, 6) is -0.342. The van der Waals surface area contributed by atoms with Gasteiger partial charge in [-0.2, -0.15) is 0 Å². The van der Waals surface area contributed by atoms with Gasteiger partial charge in [-0.3, -0.25) is 0 Å². The van der Waals surface area contributed by atoms with Gasteiger partial charge in [0.1, 0.15) is 0 Å². The molecule has 0 atom stereocenters. The van der Waals surface area contributed by atoms with E-state index in [4.69, 9.17) is 9.84 Å². The smallest absolute Gasteiger partial charge is 0.339 e. The Morgan fingerprint density at radius 1 is 1.47 bits per heavy atom. The van der Waals surface area contributed by atoms with Gasteiger partial charge in [0.05, 0.1) is 18.2 Å². The van der Waals surface area contributed by atoms with Crippen LogP contribution in [0, 0.1) is 0 Å². The van der Waals surface area contributed by atoms with Gasteiger partial charge in [-0.05, 0) is 25.0 Å². The summed E-state index contributed by atoms with van der Waals surface area (Å²) in [6, 6.07) is 7.51. The molecule has 0 unspecified atom stereocenters. The number of aromatic nitrogens is 1. The van der Waals surface area contributed by atoms with Crippen molar-refractivity contribution >= 4 is 16.9 Å². The molecular weight excluding hydrogens is 218 g/mol. The topological polar surface area (TPSA) is 62.3 Å². The second kappa shape index (κ2) is 5.01. The van der Waals surface area contributed by atoms with Crippen LogP contribution in [0.2, 0.25) is 0 Å². The number of para-hydroxylation sites is 1. The number of aliphatic hydroxyl groups is 1. The summed E-state index contributed by atoms with van der Waals surface area (Å²) >= 11 is 0. The van der Waals surface area contributed by atoms with Crippen molar-refractivity contribution in [1.29, 1.82) is 0 Å². The molecule has 4 heteroatoms. The quantitative estimate of drug-likeness (QED) is 0.792. The number of methoxy groups -OCH3 is 1. The highest BCUT2D eigenvalue weighted by molar-refractivity contribution is 6.03. The highest BCUT2D eigenvalue weighted by Gasteiger charge is 2.11. The average molecular weight is 233 g/mol. The van der Waals surface area contributed by atoms with Crippen molar-refractivity contribution in [1.82, 2.24) is 4.98 Å². The number of rotatable bonds is 4. The van der Waals surface area contributed by atoms with E-state index >= 15 is 0 Å². The maximum absolute atomic E-state index is 11.6. The minimum atomic E-state index is -0.342. The minimum Gasteiger partial charge on any atom is -0.465 e. The molecule has 17 heavy (non-hydrogen) atoms. The second-order valence-electron chi connectivity index (χ2n) is 3.88. The molecule has 0 saturated heterocycles. The lowest BCUT2D eigenvalue weighted by atomic mass is 10.1. The van der Waals surface area contributed by atoms with Gasteiger partial charge in [-0.1, -0.05) is 12.1 Å². The van der Waals surface area contributed by atoms with Crippen molar-refractivity contribution in [2.75, 3.05) is 13.7 Å². The molecule has 0 amide bonds. The monoisotopic (exact) mass is 233 g/mol. The van der Waals surface area contributed by atoms with Crippen molar-refractivity contribution in [3.8, 4) is 0 Å². The molecule has 0 spiro atoms. The van der Waals surface area contributed by atoms with Crippen LogP contribution < -0.4 is 0 Å². The van der Waals surface area contributed by atoms with E-state index in [0.29, 0.717) is 12.0 Å². The molecule has 0 bridgehead atoms. The van der Waals surface area contributed by atoms with Crippen LogP contribution in [-0.2, 0) is 11.2 Å². The molecule has 1 aromatic carbocycles. The molecule has 0 aliphatic rings. The van der Waals surface area contributed by atoms with E-state index in [-0.39, 0.29) is 12.6 Å². The number of H-pyrrole nitrogens is 1. The first kappa shape index (κ1) is 11.7. The Labute approximate surface area is 99.2 Å². The number of aryl methyl sites for hydroxylation is 1. The highest BCUT2D eigenvalue weighted by Crippen LogP contribution is 2.20. The molecule has 0 fully saturated rings. The zero-order valence-corrected chi connectivity index (χ0v) is 9.69. The molecule has 90 valence electrons. The predicted molar refractivity (Wildman–Crippen MR) is 65.0 cm³/mol. The lowest BCUT2D eigenvalue weighted by Gasteiger charge is -2.00. The van der Waals surface area contributed by atoms with Crippen LogP contribution in [-0.4, -0.2) is 29.8 Å². The van der Waals surface area contributed by atoms with Gasteiger partial charge in [0.2, 0.25) is 0 Å². The Kier molecular flexibility index (Phi) is 3.44. The summed E-state index contributed by atoms with van der Waals surface area (Å²) < 4.78 is 4.74. The first-order valence-electron chi connectivity index (χ1n) is 5.56. The van der Waals surface area contributed by atoms with E-state index in [2.05, 4.69) is 4.98 Å². The third-order valence-corrected chi connectivity index (χ3v) is 2.72. The molecule has 1 heterocycles. The van der Waals surface area contributed by atoms with E-state index in [1.807, 2.05) is 18.2 Å². The zero-order valence-electron chi connectivity index (χ0n) is 9.69. The average Bonchev–Trinajstić information content (AvgIpc) is 2.77. The van der Waals surface area contributed by atoms with Gasteiger partial charge >= 0.3 is 5.97 Å². The molecule has 1 aromatic heterocycles. The van der Waals surface area contributed by atoms with Gasteiger partial charge in [0.25, 0.3) is 0 Å². The Morgan fingerprint density at radius 3 is 3.00 bits per heavy atom. The van der Waals surface area contributed by atoms with Gasteiger partial charge in [0.15, 0.2) is 0 Å². The predicted octanol–water partition coefficient (Wildman–Crippen LogP) is 1.88. The number of ether oxygens (including phenoxy) is 1. The van der Waals surface area contributed by atoms with E-state index in [9.17, 15) is 4.79 Å². The summed E-state index contributed by atoms with van der Waals surface area (Å²) in [4.78, 5) is 14.8. The Bertz CT molecular complexity index is 530. The first-order valence-corrected chi connectivity index (χ1v) is 5.56. The number of aliphatic hydroxyl groups excluding tert-OH is 1. The standard InChI is InChI=1S/C13H15NO3/c1-17-13(16)11-6-2-4-9-8-10(5-3-7-15)14-12(9)11/h2,4,6,8,14-15H,3,5,7H2,1H3. The number of benzene rings is 1. The third kappa shape index (κ3) is 2.31. The first-order chi connectivity index (χ1) is 8.26. The number of carbonyl (C=O) groups excluding carboxylic acids is 1. The summed E-state index contributed by atoms with van der Waals surface area (Å²) in [6.45, 7) is 0.166. The normalized spacial score (nSPS) is 10.7. The lowest BCUT2D eigenvalue weighted by molar-refractivity contribution is 0.0603. The molecule has 4 nitrogen and oxygen atoms in total. The second-order valence-corrected chi connectivity index (χ2v) is 3.88. The van der Waals surface area contributed by atoms with E-state index in [0.717, 1.165) is 23.0 Å². The van der Waals surface area contributed by atoms with Crippen molar-refractivity contribution < 1.29 is 14.6 Å². The minimum absolute atomic E-state index is 0.166. The number of carbonyl (C=O) groups is 1. The molecule has 0 saturated carbocycles.